The van der Waals surface area contributed by atoms with Gasteiger partial charge in [0.15, 0.2) is 9.92 Å². The van der Waals surface area contributed by atoms with Crippen molar-refractivity contribution in [2.45, 2.75) is 68.1 Å². The summed E-state index contributed by atoms with van der Waals surface area (Å²) < 4.78 is 61.9. The van der Waals surface area contributed by atoms with Crippen LogP contribution in [0.3, 0.4) is 0 Å². The molecule has 2 heterocycles. The number of benzene rings is 4. The quantitative estimate of drug-likeness (QED) is 0.171. The smallest absolute Gasteiger partial charge is 0.354 e. The number of amides is 2. The van der Waals surface area contributed by atoms with Crippen LogP contribution in [0.2, 0.25) is 0 Å². The van der Waals surface area contributed by atoms with Crippen LogP contribution in [-0.4, -0.2) is 32.8 Å². The van der Waals surface area contributed by atoms with E-state index < -0.39 is 33.2 Å². The summed E-state index contributed by atoms with van der Waals surface area (Å²) in [5.74, 6) is -0.127. The highest BCUT2D eigenvalue weighted by Crippen LogP contribution is 2.44. The van der Waals surface area contributed by atoms with Crippen molar-refractivity contribution in [3.8, 4) is 5.88 Å². The van der Waals surface area contributed by atoms with Gasteiger partial charge in [-0.15, -0.1) is 4.36 Å². The van der Waals surface area contributed by atoms with Crippen LogP contribution in [0.15, 0.2) is 106 Å². The Bertz CT molecular complexity index is 2140. The lowest BCUT2D eigenvalue weighted by Crippen LogP contribution is -2.48. The molecule has 0 fully saturated rings. The average molecular weight is 694 g/mol. The molecule has 0 bridgehead atoms. The Labute approximate surface area is 290 Å². The Balaban J connectivity index is 1.35. The van der Waals surface area contributed by atoms with E-state index in [9.17, 15) is 9.18 Å². The molecule has 2 aliphatic carbocycles. The highest BCUT2D eigenvalue weighted by atomic mass is 32.2. The summed E-state index contributed by atoms with van der Waals surface area (Å²) >= 11 is 0. The molecule has 2 amide bonds. The molecule has 0 radical (unpaired) electrons. The fourth-order valence-corrected chi connectivity index (χ4v) is 9.59. The molecule has 0 saturated heterocycles. The van der Waals surface area contributed by atoms with E-state index in [1.807, 2.05) is 105 Å². The number of carbonyl (C=O) groups is 1. The zero-order valence-electron chi connectivity index (χ0n) is 27.8. The third kappa shape index (κ3) is 5.22. The van der Waals surface area contributed by atoms with Crippen LogP contribution in [0.25, 0.3) is 0 Å². The summed E-state index contributed by atoms with van der Waals surface area (Å²) in [6.45, 7) is 4.19. The molecule has 11 heteroatoms. The lowest BCUT2D eigenvalue weighted by atomic mass is 9.78. The number of anilines is 1. The van der Waals surface area contributed by atoms with Gasteiger partial charge in [0.1, 0.15) is 29.0 Å². The number of hydrogen-bond acceptors (Lipinski definition) is 4. The lowest BCUT2D eigenvalue weighted by molar-refractivity contribution is 0.258. The van der Waals surface area contributed by atoms with E-state index in [2.05, 4.69) is 19.5 Å². The van der Waals surface area contributed by atoms with Gasteiger partial charge in [-0.2, -0.15) is 5.10 Å². The van der Waals surface area contributed by atoms with Crippen LogP contribution >= 0.6 is 0 Å². The van der Waals surface area contributed by atoms with Gasteiger partial charge in [0.25, 0.3) is 0 Å². The fraction of sp³-hybridized carbons (Fsp3) is 0.282. The van der Waals surface area contributed by atoms with Crippen molar-refractivity contribution >= 4 is 21.6 Å². The van der Waals surface area contributed by atoms with Crippen LogP contribution < -0.4 is 14.8 Å². The van der Waals surface area contributed by atoms with Crippen molar-refractivity contribution in [1.82, 2.24) is 14.5 Å². The average Bonchev–Trinajstić information content (AvgIpc) is 3.92. The Morgan fingerprint density at radius 3 is 2.06 bits per heavy atom. The van der Waals surface area contributed by atoms with Crippen LogP contribution in [0.1, 0.15) is 59.2 Å². The van der Waals surface area contributed by atoms with Gasteiger partial charge in [0.2, 0.25) is 5.88 Å². The molecule has 0 unspecified atom stereocenters. The molecule has 8 nitrogen and oxygen atoms in total. The van der Waals surface area contributed by atoms with E-state index in [0.29, 0.717) is 40.8 Å². The molecule has 2 N–H and O–H groups in total. The van der Waals surface area contributed by atoms with E-state index >= 15 is 8.60 Å². The summed E-state index contributed by atoms with van der Waals surface area (Å²) in [5, 5.41) is 7.44. The van der Waals surface area contributed by atoms with E-state index in [1.54, 1.807) is 4.68 Å². The van der Waals surface area contributed by atoms with Crippen molar-refractivity contribution in [3.63, 3.8) is 0 Å². The molecule has 8 rings (SSSR count). The molecule has 1 aromatic heterocycles. The molecule has 50 heavy (non-hydrogen) atoms. The number of halogens is 2. The first-order chi connectivity index (χ1) is 24.1. The minimum absolute atomic E-state index is 0.0122. The first-order valence-electron chi connectivity index (χ1n) is 16.8. The Kier molecular flexibility index (Phi) is 7.87. The molecule has 4 aromatic carbocycles. The standard InChI is InChI=1S/C39H37F2N5O3S/c1-38(2)24-49-36-33(23-42-46(36)38)50(48,44-37(47)43-35-30-20-12-19-29(30)34(41)31-21-28(40)22-32(31)35)45-39(25-13-6-3-7-14-25,26-15-8-4-9-16-26)27-17-10-5-11-18-27/h3-11,13-18,23,28H,12,19-22,24H2,1-2H3,(H2,43,44,45,47,48)/t28-,50+/m0/s1. The molecule has 256 valence electrons. The maximum absolute atomic E-state index is 15.9. The predicted molar refractivity (Wildman–Crippen MR) is 188 cm³/mol. The molecular weight excluding hydrogens is 657 g/mol. The Morgan fingerprint density at radius 2 is 1.46 bits per heavy atom. The van der Waals surface area contributed by atoms with Gasteiger partial charge in [-0.3, -0.25) is 0 Å². The molecule has 1 aliphatic heterocycles. The van der Waals surface area contributed by atoms with E-state index in [0.717, 1.165) is 23.1 Å². The van der Waals surface area contributed by atoms with Crippen molar-refractivity contribution in [1.29, 1.82) is 0 Å². The third-order valence-electron chi connectivity index (χ3n) is 10.0. The van der Waals surface area contributed by atoms with Crippen molar-refractivity contribution < 1.29 is 22.5 Å². The number of urea groups is 1. The van der Waals surface area contributed by atoms with Gasteiger partial charge >= 0.3 is 6.03 Å². The normalized spacial score (nSPS) is 18.4. The monoisotopic (exact) mass is 693 g/mol. The van der Waals surface area contributed by atoms with Crippen LogP contribution in [0.5, 0.6) is 5.88 Å². The summed E-state index contributed by atoms with van der Waals surface area (Å²) in [6, 6.07) is 27.9. The number of rotatable bonds is 7. The second-order valence-electron chi connectivity index (χ2n) is 13.8. The first kappa shape index (κ1) is 32.3. The minimum Gasteiger partial charge on any atom is -0.474 e. The number of hydrogen-bond donors (Lipinski definition) is 2. The fourth-order valence-electron chi connectivity index (χ4n) is 7.72. The van der Waals surface area contributed by atoms with E-state index in [4.69, 9.17) is 4.74 Å². The van der Waals surface area contributed by atoms with Crippen LogP contribution in [0.4, 0.5) is 19.3 Å². The van der Waals surface area contributed by atoms with E-state index in [1.165, 1.54) is 6.20 Å². The number of nitrogens with zero attached hydrogens (tertiary/aromatic N) is 3. The highest BCUT2D eigenvalue weighted by Gasteiger charge is 2.44. The van der Waals surface area contributed by atoms with Gasteiger partial charge in [-0.25, -0.2) is 27.2 Å². The maximum Gasteiger partial charge on any atom is 0.354 e. The van der Waals surface area contributed by atoms with Crippen molar-refractivity contribution in [2.75, 3.05) is 11.9 Å². The number of fused-ring (bicyclic) bond motifs is 3. The number of aromatic nitrogens is 2. The predicted octanol–water partition coefficient (Wildman–Crippen LogP) is 7.63. The summed E-state index contributed by atoms with van der Waals surface area (Å²) in [7, 11) is -3.96. The zero-order chi connectivity index (χ0) is 34.7. The van der Waals surface area contributed by atoms with Crippen molar-refractivity contribution in [2.24, 2.45) is 4.36 Å². The second kappa shape index (κ2) is 12.2. The molecule has 2 atom stereocenters. The zero-order valence-corrected chi connectivity index (χ0v) is 28.6. The van der Waals surface area contributed by atoms with Gasteiger partial charge in [0.05, 0.1) is 11.7 Å². The third-order valence-corrected chi connectivity index (χ3v) is 11.9. The molecule has 3 aliphatic rings. The van der Waals surface area contributed by atoms with Crippen LogP contribution in [0, 0.1) is 5.82 Å². The second-order valence-corrected chi connectivity index (χ2v) is 15.7. The van der Waals surface area contributed by atoms with Gasteiger partial charge in [-0.1, -0.05) is 91.0 Å². The number of nitrogens with one attached hydrogen (secondary N) is 2. The van der Waals surface area contributed by atoms with Crippen LogP contribution in [-0.2, 0) is 46.7 Å². The molecule has 0 saturated carbocycles. The van der Waals surface area contributed by atoms with Gasteiger partial charge in [-0.05, 0) is 72.1 Å². The van der Waals surface area contributed by atoms with E-state index in [-0.39, 0.29) is 36.0 Å². The topological polar surface area (TPSA) is 97.6 Å². The lowest BCUT2D eigenvalue weighted by Gasteiger charge is -2.37. The van der Waals surface area contributed by atoms with Crippen molar-refractivity contribution in [3.05, 3.63) is 142 Å². The SMILES string of the molecule is CC1(C)COc2c([S@@](=O)(=NC(=O)Nc3c4c(c(F)c5c3C[C@@H](F)C5)CCC4)NC(c3ccccc3)(c3ccccc3)c3ccccc3)cnn21. The summed E-state index contributed by atoms with van der Waals surface area (Å²) in [6.07, 6.45) is 1.90. The molecule has 0 spiro atoms. The highest BCUT2D eigenvalue weighted by molar-refractivity contribution is 7.92. The molecule has 5 aromatic rings. The largest absolute Gasteiger partial charge is 0.474 e. The first-order valence-corrected chi connectivity index (χ1v) is 18.4. The summed E-state index contributed by atoms with van der Waals surface area (Å²) in [5.41, 5.74) is 2.74. The van der Waals surface area contributed by atoms with Gasteiger partial charge in [0, 0.05) is 18.5 Å². The number of alkyl halides is 1. The number of ether oxygens (including phenoxy) is 1. The van der Waals surface area contributed by atoms with Gasteiger partial charge < -0.3 is 10.1 Å². The number of carbonyl (C=O) groups excluding carboxylic acids is 1. The Hall–Kier alpha value is -4.87. The minimum atomic E-state index is -3.96. The summed E-state index contributed by atoms with van der Waals surface area (Å²) in [4.78, 5) is 14.4. The maximum atomic E-state index is 15.9. The Morgan fingerprint density at radius 1 is 0.900 bits per heavy atom. The molecular formula is C39H37F2N5O3S.